The topological polar surface area (TPSA) is 96.0 Å². The average Bonchev–Trinajstić information content (AvgIpc) is 3.00. The van der Waals surface area contributed by atoms with Crippen LogP contribution >= 0.6 is 0 Å². The molecule has 0 bridgehead atoms. The molecule has 0 radical (unpaired) electrons. The van der Waals surface area contributed by atoms with Crippen molar-refractivity contribution >= 4 is 27.5 Å². The molecular weight excluding hydrogens is 550 g/mol. The van der Waals surface area contributed by atoms with Crippen LogP contribution in [0.1, 0.15) is 57.1 Å². The van der Waals surface area contributed by atoms with Crippen LogP contribution < -0.4 is 14.4 Å². The van der Waals surface area contributed by atoms with Crippen molar-refractivity contribution in [2.45, 2.75) is 76.4 Å². The molecule has 1 saturated carbocycles. The van der Waals surface area contributed by atoms with Crippen LogP contribution in [0.4, 0.5) is 5.69 Å². The summed E-state index contributed by atoms with van der Waals surface area (Å²) in [6, 6.07) is 21.7. The summed E-state index contributed by atoms with van der Waals surface area (Å²) in [4.78, 5) is 29.1. The number of hydrogen-bond donors (Lipinski definition) is 1. The summed E-state index contributed by atoms with van der Waals surface area (Å²) in [7, 11) is -4.11. The molecule has 1 atom stereocenters. The van der Waals surface area contributed by atoms with E-state index in [0.717, 1.165) is 47.5 Å². The molecule has 4 rings (SSSR count). The minimum absolute atomic E-state index is 0.0695. The number of aryl methyl sites for hydroxylation is 1. The van der Waals surface area contributed by atoms with E-state index in [0.29, 0.717) is 18.0 Å². The largest absolute Gasteiger partial charge is 0.494 e. The number of hydrogen-bond acceptors (Lipinski definition) is 5. The molecular formula is C33H41N3O5S. The lowest BCUT2D eigenvalue weighted by Crippen LogP contribution is -2.53. The second-order valence-corrected chi connectivity index (χ2v) is 12.6. The minimum Gasteiger partial charge on any atom is -0.494 e. The quantitative estimate of drug-likeness (QED) is 0.302. The highest BCUT2D eigenvalue weighted by Gasteiger charge is 2.33. The number of sulfonamides is 1. The SMILES string of the molecule is CCOc1ccc(N(CC(=O)N(Cc2cccc(C)c2)[C@H](C)C(=O)NC2CCCCC2)S(=O)(=O)c2ccccc2)cc1. The lowest BCUT2D eigenvalue weighted by molar-refractivity contribution is -0.139. The predicted octanol–water partition coefficient (Wildman–Crippen LogP) is 5.46. The van der Waals surface area contributed by atoms with Crippen LogP contribution in [0.5, 0.6) is 5.75 Å². The second-order valence-electron chi connectivity index (χ2n) is 10.8. The first kappa shape index (κ1) is 31.1. The van der Waals surface area contributed by atoms with Crippen LogP contribution in [-0.2, 0) is 26.2 Å². The standard InChI is InChI=1S/C33H41N3O5S/c1-4-41-30-20-18-29(19-21-30)36(42(39,40)31-16-9-6-10-17-31)24-32(37)35(23-27-13-11-12-25(2)22-27)26(3)33(38)34-28-14-7-5-8-15-28/h6,9-13,16-22,26,28H,4-5,7-8,14-15,23-24H2,1-3H3,(H,34,38)/t26-/m1/s1. The highest BCUT2D eigenvalue weighted by molar-refractivity contribution is 7.92. The molecule has 0 aromatic heterocycles. The Morgan fingerprint density at radius 3 is 2.29 bits per heavy atom. The van der Waals surface area contributed by atoms with Gasteiger partial charge in [-0.1, -0.05) is 67.3 Å². The van der Waals surface area contributed by atoms with E-state index in [2.05, 4.69) is 5.32 Å². The lowest BCUT2D eigenvalue weighted by atomic mass is 9.95. The van der Waals surface area contributed by atoms with Gasteiger partial charge < -0.3 is 15.0 Å². The summed E-state index contributed by atoms with van der Waals surface area (Å²) < 4.78 is 34.5. The van der Waals surface area contributed by atoms with Gasteiger partial charge in [0.15, 0.2) is 0 Å². The van der Waals surface area contributed by atoms with Gasteiger partial charge in [-0.3, -0.25) is 13.9 Å². The number of rotatable bonds is 12. The molecule has 3 aromatic carbocycles. The highest BCUT2D eigenvalue weighted by atomic mass is 32.2. The molecule has 0 aliphatic heterocycles. The fourth-order valence-corrected chi connectivity index (χ4v) is 6.72. The van der Waals surface area contributed by atoms with E-state index in [4.69, 9.17) is 4.74 Å². The molecule has 1 aliphatic rings. The zero-order chi connectivity index (χ0) is 30.1. The maximum Gasteiger partial charge on any atom is 0.264 e. The Morgan fingerprint density at radius 1 is 0.952 bits per heavy atom. The summed E-state index contributed by atoms with van der Waals surface area (Å²) in [5.41, 5.74) is 2.21. The number of carbonyl (C=O) groups is 2. The van der Waals surface area contributed by atoms with Crippen molar-refractivity contribution in [1.82, 2.24) is 10.2 Å². The van der Waals surface area contributed by atoms with E-state index in [1.54, 1.807) is 49.4 Å². The molecule has 0 heterocycles. The summed E-state index contributed by atoms with van der Waals surface area (Å²) >= 11 is 0. The smallest absolute Gasteiger partial charge is 0.264 e. The molecule has 9 heteroatoms. The summed E-state index contributed by atoms with van der Waals surface area (Å²) in [5, 5.41) is 3.13. The first-order chi connectivity index (χ1) is 20.2. The molecule has 1 aliphatic carbocycles. The first-order valence-electron chi connectivity index (χ1n) is 14.6. The van der Waals surface area contributed by atoms with Gasteiger partial charge in [-0.05, 0) is 75.6 Å². The van der Waals surface area contributed by atoms with Crippen LogP contribution in [0.2, 0.25) is 0 Å². The predicted molar refractivity (Wildman–Crippen MR) is 165 cm³/mol. The van der Waals surface area contributed by atoms with E-state index < -0.39 is 28.5 Å². The van der Waals surface area contributed by atoms with Crippen LogP contribution in [0.3, 0.4) is 0 Å². The van der Waals surface area contributed by atoms with Gasteiger partial charge in [0.2, 0.25) is 11.8 Å². The number of carbonyl (C=O) groups excluding carboxylic acids is 2. The van der Waals surface area contributed by atoms with Gasteiger partial charge in [0.1, 0.15) is 18.3 Å². The number of benzene rings is 3. The molecule has 224 valence electrons. The Balaban J connectivity index is 1.67. The van der Waals surface area contributed by atoms with E-state index in [-0.39, 0.29) is 23.4 Å². The van der Waals surface area contributed by atoms with Crippen LogP contribution in [0, 0.1) is 6.92 Å². The number of anilines is 1. The Labute approximate surface area is 249 Å². The molecule has 0 saturated heterocycles. The van der Waals surface area contributed by atoms with Gasteiger partial charge in [0, 0.05) is 12.6 Å². The van der Waals surface area contributed by atoms with Crippen LogP contribution in [-0.4, -0.2) is 50.4 Å². The molecule has 42 heavy (non-hydrogen) atoms. The number of ether oxygens (including phenoxy) is 1. The lowest BCUT2D eigenvalue weighted by Gasteiger charge is -2.33. The van der Waals surface area contributed by atoms with Gasteiger partial charge in [-0.25, -0.2) is 8.42 Å². The van der Waals surface area contributed by atoms with E-state index in [1.807, 2.05) is 38.1 Å². The summed E-state index contributed by atoms with van der Waals surface area (Å²) in [5.74, 6) is -0.114. The second kappa shape index (κ2) is 14.4. The summed E-state index contributed by atoms with van der Waals surface area (Å²) in [6.07, 6.45) is 5.15. The molecule has 0 spiro atoms. The number of amides is 2. The monoisotopic (exact) mass is 591 g/mol. The zero-order valence-electron chi connectivity index (χ0n) is 24.7. The van der Waals surface area contributed by atoms with Gasteiger partial charge in [0.25, 0.3) is 10.0 Å². The average molecular weight is 592 g/mol. The van der Waals surface area contributed by atoms with E-state index in [1.165, 1.54) is 17.0 Å². The Bertz CT molecular complexity index is 1440. The Hall–Kier alpha value is -3.85. The van der Waals surface area contributed by atoms with Crippen LogP contribution in [0.15, 0.2) is 83.8 Å². The number of nitrogens with one attached hydrogen (secondary N) is 1. The van der Waals surface area contributed by atoms with Gasteiger partial charge in [0.05, 0.1) is 17.2 Å². The zero-order valence-corrected chi connectivity index (χ0v) is 25.5. The molecule has 1 N–H and O–H groups in total. The van der Waals surface area contributed by atoms with E-state index >= 15 is 0 Å². The fraction of sp³-hybridized carbons (Fsp3) is 0.394. The highest BCUT2D eigenvalue weighted by Crippen LogP contribution is 2.27. The normalized spacial score (nSPS) is 14.5. The molecule has 8 nitrogen and oxygen atoms in total. The van der Waals surface area contributed by atoms with Crippen molar-refractivity contribution in [3.05, 3.63) is 90.0 Å². The first-order valence-corrected chi connectivity index (χ1v) is 16.1. The third kappa shape index (κ3) is 7.91. The van der Waals surface area contributed by atoms with Gasteiger partial charge in [-0.15, -0.1) is 0 Å². The third-order valence-corrected chi connectivity index (χ3v) is 9.39. The maximum atomic E-state index is 14.1. The Morgan fingerprint density at radius 2 is 1.64 bits per heavy atom. The molecule has 1 fully saturated rings. The van der Waals surface area contributed by atoms with Crippen molar-refractivity contribution in [2.24, 2.45) is 0 Å². The van der Waals surface area contributed by atoms with Crippen molar-refractivity contribution in [3.63, 3.8) is 0 Å². The van der Waals surface area contributed by atoms with Crippen molar-refractivity contribution < 1.29 is 22.7 Å². The van der Waals surface area contributed by atoms with Crippen molar-refractivity contribution in [1.29, 1.82) is 0 Å². The number of nitrogens with zero attached hydrogens (tertiary/aromatic N) is 2. The van der Waals surface area contributed by atoms with Gasteiger partial charge >= 0.3 is 0 Å². The maximum absolute atomic E-state index is 14.1. The molecule has 2 amide bonds. The molecule has 0 unspecified atom stereocenters. The third-order valence-electron chi connectivity index (χ3n) is 7.60. The fourth-order valence-electron chi connectivity index (χ4n) is 5.28. The summed E-state index contributed by atoms with van der Waals surface area (Å²) in [6.45, 7) is 5.71. The van der Waals surface area contributed by atoms with Crippen molar-refractivity contribution in [3.8, 4) is 5.75 Å². The Kier molecular flexibility index (Phi) is 10.6. The van der Waals surface area contributed by atoms with Gasteiger partial charge in [-0.2, -0.15) is 0 Å². The van der Waals surface area contributed by atoms with Crippen molar-refractivity contribution in [2.75, 3.05) is 17.5 Å². The van der Waals surface area contributed by atoms with E-state index in [9.17, 15) is 18.0 Å². The van der Waals surface area contributed by atoms with Crippen LogP contribution in [0.25, 0.3) is 0 Å². The molecule has 3 aromatic rings. The minimum atomic E-state index is -4.11.